The van der Waals surface area contributed by atoms with E-state index in [9.17, 15) is 0 Å². The fourth-order valence-corrected chi connectivity index (χ4v) is 3.48. The van der Waals surface area contributed by atoms with E-state index in [1.54, 1.807) is 0 Å². The number of likely N-dealkylation sites (tertiary alicyclic amines) is 1. The Morgan fingerprint density at radius 3 is 2.59 bits per heavy atom. The van der Waals surface area contributed by atoms with Gasteiger partial charge in [0.1, 0.15) is 0 Å². The van der Waals surface area contributed by atoms with E-state index < -0.39 is 0 Å². The van der Waals surface area contributed by atoms with Crippen LogP contribution in [0, 0.1) is 11.8 Å². The van der Waals surface area contributed by atoms with Crippen molar-refractivity contribution in [2.45, 2.75) is 65.0 Å². The number of hydrogen-bond acceptors (Lipinski definition) is 2. The maximum Gasteiger partial charge on any atom is 0.0139 e. The number of piperidine rings is 1. The van der Waals surface area contributed by atoms with Crippen molar-refractivity contribution in [1.82, 2.24) is 10.2 Å². The molecule has 0 spiro atoms. The second kappa shape index (κ2) is 6.19. The molecule has 0 bridgehead atoms. The van der Waals surface area contributed by atoms with E-state index >= 15 is 0 Å². The highest BCUT2D eigenvalue weighted by atomic mass is 15.2. The molecule has 2 fully saturated rings. The summed E-state index contributed by atoms with van der Waals surface area (Å²) in [6.07, 6.45) is 6.99. The van der Waals surface area contributed by atoms with Crippen LogP contribution in [-0.4, -0.2) is 36.6 Å². The van der Waals surface area contributed by atoms with Crippen LogP contribution in [0.3, 0.4) is 0 Å². The van der Waals surface area contributed by atoms with Gasteiger partial charge in [0.25, 0.3) is 0 Å². The van der Waals surface area contributed by atoms with E-state index in [-0.39, 0.29) is 0 Å². The summed E-state index contributed by atoms with van der Waals surface area (Å²) >= 11 is 0. The molecule has 1 aliphatic heterocycles. The van der Waals surface area contributed by atoms with Crippen LogP contribution >= 0.6 is 0 Å². The van der Waals surface area contributed by atoms with E-state index in [2.05, 4.69) is 31.0 Å². The van der Waals surface area contributed by atoms with Crippen molar-refractivity contribution >= 4 is 0 Å². The second-order valence-electron chi connectivity index (χ2n) is 6.34. The first kappa shape index (κ1) is 13.4. The van der Waals surface area contributed by atoms with Gasteiger partial charge in [0.15, 0.2) is 0 Å². The topological polar surface area (TPSA) is 15.3 Å². The van der Waals surface area contributed by atoms with Crippen LogP contribution in [0.15, 0.2) is 0 Å². The lowest BCUT2D eigenvalue weighted by Crippen LogP contribution is -2.56. The number of nitrogens with zero attached hydrogens (tertiary/aromatic N) is 1. The van der Waals surface area contributed by atoms with Crippen LogP contribution in [0.25, 0.3) is 0 Å². The first-order chi connectivity index (χ1) is 8.22. The van der Waals surface area contributed by atoms with E-state index in [0.717, 1.165) is 23.9 Å². The van der Waals surface area contributed by atoms with Gasteiger partial charge in [-0.05, 0) is 64.0 Å². The molecule has 1 saturated heterocycles. The molecule has 0 aromatic heterocycles. The maximum absolute atomic E-state index is 3.61. The average Bonchev–Trinajstić information content (AvgIpc) is 2.28. The molecule has 1 aliphatic carbocycles. The van der Waals surface area contributed by atoms with Gasteiger partial charge in [-0.25, -0.2) is 0 Å². The molecular formula is C15H30N2. The zero-order valence-corrected chi connectivity index (χ0v) is 11.9. The van der Waals surface area contributed by atoms with Gasteiger partial charge in [-0.2, -0.15) is 0 Å². The minimum Gasteiger partial charge on any atom is -0.316 e. The van der Waals surface area contributed by atoms with Crippen LogP contribution in [0.1, 0.15) is 52.9 Å². The van der Waals surface area contributed by atoms with Gasteiger partial charge in [0, 0.05) is 18.6 Å². The molecule has 17 heavy (non-hydrogen) atoms. The van der Waals surface area contributed by atoms with Crippen molar-refractivity contribution in [1.29, 1.82) is 0 Å². The fourth-order valence-electron chi connectivity index (χ4n) is 3.48. The predicted molar refractivity (Wildman–Crippen MR) is 74.2 cm³/mol. The third-order valence-corrected chi connectivity index (χ3v) is 4.80. The van der Waals surface area contributed by atoms with Gasteiger partial charge < -0.3 is 5.32 Å². The first-order valence-electron chi connectivity index (χ1n) is 7.68. The molecule has 1 saturated carbocycles. The van der Waals surface area contributed by atoms with Crippen molar-refractivity contribution < 1.29 is 0 Å². The third kappa shape index (κ3) is 3.23. The standard InChI is InChI=1S/C15H30N2/c1-4-9-16-10-14-7-8-15(14)17-11-12(2)5-6-13(17)3/h12-16H,4-11H2,1-3H3. The lowest BCUT2D eigenvalue weighted by atomic mass is 9.76. The zero-order valence-electron chi connectivity index (χ0n) is 11.9. The summed E-state index contributed by atoms with van der Waals surface area (Å²) in [5, 5.41) is 3.61. The highest BCUT2D eigenvalue weighted by Gasteiger charge is 2.38. The minimum absolute atomic E-state index is 0.824. The fraction of sp³-hybridized carbons (Fsp3) is 1.00. The Hall–Kier alpha value is -0.0800. The van der Waals surface area contributed by atoms with Crippen LogP contribution in [-0.2, 0) is 0 Å². The Kier molecular flexibility index (Phi) is 4.87. The smallest absolute Gasteiger partial charge is 0.0139 e. The maximum atomic E-state index is 3.61. The van der Waals surface area contributed by atoms with Crippen molar-refractivity contribution in [2.75, 3.05) is 19.6 Å². The third-order valence-electron chi connectivity index (χ3n) is 4.80. The molecular weight excluding hydrogens is 208 g/mol. The lowest BCUT2D eigenvalue weighted by molar-refractivity contribution is -0.00161. The monoisotopic (exact) mass is 238 g/mol. The molecule has 0 aromatic rings. The number of nitrogens with one attached hydrogen (secondary N) is 1. The average molecular weight is 238 g/mol. The summed E-state index contributed by atoms with van der Waals surface area (Å²) < 4.78 is 0. The van der Waals surface area contributed by atoms with E-state index in [4.69, 9.17) is 0 Å². The van der Waals surface area contributed by atoms with Gasteiger partial charge in [-0.1, -0.05) is 13.8 Å². The summed E-state index contributed by atoms with van der Waals surface area (Å²) in [5.74, 6) is 1.84. The summed E-state index contributed by atoms with van der Waals surface area (Å²) in [4.78, 5) is 2.82. The molecule has 2 rings (SSSR count). The largest absolute Gasteiger partial charge is 0.316 e. The second-order valence-corrected chi connectivity index (χ2v) is 6.34. The summed E-state index contributed by atoms with van der Waals surface area (Å²) in [7, 11) is 0. The van der Waals surface area contributed by atoms with Gasteiger partial charge in [-0.15, -0.1) is 0 Å². The quantitative estimate of drug-likeness (QED) is 0.741. The summed E-state index contributed by atoms with van der Waals surface area (Å²) in [5.41, 5.74) is 0. The highest BCUT2D eigenvalue weighted by Crippen LogP contribution is 2.36. The normalized spacial score (nSPS) is 39.0. The Balaban J connectivity index is 1.80. The number of rotatable bonds is 5. The zero-order chi connectivity index (χ0) is 12.3. The molecule has 1 N–H and O–H groups in total. The SMILES string of the molecule is CCCNCC1CCC1N1CC(C)CCC1C. The van der Waals surface area contributed by atoms with Crippen LogP contribution in [0.4, 0.5) is 0 Å². The molecule has 2 aliphatic rings. The van der Waals surface area contributed by atoms with Gasteiger partial charge in [0.2, 0.25) is 0 Å². The predicted octanol–water partition coefficient (Wildman–Crippen LogP) is 2.89. The molecule has 2 heteroatoms. The van der Waals surface area contributed by atoms with Crippen molar-refractivity contribution in [3.05, 3.63) is 0 Å². The Morgan fingerprint density at radius 1 is 1.12 bits per heavy atom. The molecule has 2 nitrogen and oxygen atoms in total. The van der Waals surface area contributed by atoms with Crippen molar-refractivity contribution in [2.24, 2.45) is 11.8 Å². The lowest BCUT2D eigenvalue weighted by Gasteiger charge is -2.50. The Bertz CT molecular complexity index is 229. The minimum atomic E-state index is 0.824. The highest BCUT2D eigenvalue weighted by molar-refractivity contribution is 4.94. The number of hydrogen-bond donors (Lipinski definition) is 1. The Labute approximate surface area is 107 Å². The van der Waals surface area contributed by atoms with Gasteiger partial charge in [-0.3, -0.25) is 4.90 Å². The van der Waals surface area contributed by atoms with Gasteiger partial charge in [0.05, 0.1) is 0 Å². The van der Waals surface area contributed by atoms with Crippen LogP contribution < -0.4 is 5.32 Å². The van der Waals surface area contributed by atoms with E-state index in [0.29, 0.717) is 0 Å². The molecule has 0 amide bonds. The van der Waals surface area contributed by atoms with Gasteiger partial charge >= 0.3 is 0 Å². The summed E-state index contributed by atoms with van der Waals surface area (Å²) in [6, 6.07) is 1.71. The Morgan fingerprint density at radius 2 is 1.94 bits per heavy atom. The van der Waals surface area contributed by atoms with E-state index in [1.165, 1.54) is 51.7 Å². The molecule has 4 unspecified atom stereocenters. The molecule has 0 radical (unpaired) electrons. The van der Waals surface area contributed by atoms with Crippen LogP contribution in [0.2, 0.25) is 0 Å². The molecule has 100 valence electrons. The first-order valence-corrected chi connectivity index (χ1v) is 7.68. The van der Waals surface area contributed by atoms with E-state index in [1.807, 2.05) is 0 Å². The molecule has 4 atom stereocenters. The molecule has 0 aromatic carbocycles. The van der Waals surface area contributed by atoms with Crippen molar-refractivity contribution in [3.8, 4) is 0 Å². The van der Waals surface area contributed by atoms with Crippen LogP contribution in [0.5, 0.6) is 0 Å². The van der Waals surface area contributed by atoms with Crippen molar-refractivity contribution in [3.63, 3.8) is 0 Å². The summed E-state index contributed by atoms with van der Waals surface area (Å²) in [6.45, 7) is 10.9. The molecule has 1 heterocycles.